The molecule has 3 aliphatic rings. The van der Waals surface area contributed by atoms with Crippen LogP contribution in [0.2, 0.25) is 0 Å². The summed E-state index contributed by atoms with van der Waals surface area (Å²) in [6.45, 7) is 0. The second kappa shape index (κ2) is 5.86. The number of aromatic hydroxyl groups is 1. The van der Waals surface area contributed by atoms with Crippen molar-refractivity contribution in [2.45, 2.75) is 50.2 Å². The van der Waals surface area contributed by atoms with E-state index in [2.05, 4.69) is 5.43 Å². The minimum atomic E-state index is -0.482. The van der Waals surface area contributed by atoms with Gasteiger partial charge in [0.2, 0.25) is 11.8 Å². The SMILES string of the molecule is CN1N[C@@H](c2ccccc2O)[C@H]2C(=O)N(C3CCCCC3)C(=O)[C@H]21. The van der Waals surface area contributed by atoms with Gasteiger partial charge < -0.3 is 5.11 Å². The number of likely N-dealkylation sites (tertiary alicyclic amines) is 1. The second-order valence-corrected chi connectivity index (χ2v) is 7.09. The Morgan fingerprint density at radius 1 is 1.08 bits per heavy atom. The Bertz CT molecular complexity index is 671. The van der Waals surface area contributed by atoms with Gasteiger partial charge in [0.05, 0.1) is 12.0 Å². The van der Waals surface area contributed by atoms with E-state index in [0.717, 1.165) is 25.7 Å². The lowest BCUT2D eigenvalue weighted by molar-refractivity contribution is -0.144. The molecule has 4 rings (SSSR count). The fraction of sp³-hybridized carbons (Fsp3) is 0.556. The van der Waals surface area contributed by atoms with Crippen molar-refractivity contribution in [1.29, 1.82) is 0 Å². The summed E-state index contributed by atoms with van der Waals surface area (Å²) in [5.74, 6) is -0.509. The van der Waals surface area contributed by atoms with Crippen molar-refractivity contribution >= 4 is 11.8 Å². The van der Waals surface area contributed by atoms with Gasteiger partial charge in [-0.05, 0) is 18.9 Å². The molecule has 1 aromatic carbocycles. The first-order valence-electron chi connectivity index (χ1n) is 8.73. The maximum absolute atomic E-state index is 13.1. The number of benzene rings is 1. The second-order valence-electron chi connectivity index (χ2n) is 7.09. The van der Waals surface area contributed by atoms with Gasteiger partial charge >= 0.3 is 0 Å². The van der Waals surface area contributed by atoms with Gasteiger partial charge in [-0.3, -0.25) is 14.5 Å². The summed E-state index contributed by atoms with van der Waals surface area (Å²) in [6.07, 6.45) is 5.16. The van der Waals surface area contributed by atoms with Gasteiger partial charge in [-0.1, -0.05) is 37.5 Å². The van der Waals surface area contributed by atoms with E-state index in [9.17, 15) is 14.7 Å². The summed E-state index contributed by atoms with van der Waals surface area (Å²) < 4.78 is 0. The fourth-order valence-corrected chi connectivity index (χ4v) is 4.52. The third kappa shape index (κ3) is 2.24. The number of hydrogen-bond donors (Lipinski definition) is 2. The lowest BCUT2D eigenvalue weighted by Gasteiger charge is -2.31. The van der Waals surface area contributed by atoms with E-state index >= 15 is 0 Å². The van der Waals surface area contributed by atoms with Gasteiger partial charge in [-0.25, -0.2) is 10.4 Å². The van der Waals surface area contributed by atoms with Gasteiger partial charge in [0.1, 0.15) is 11.8 Å². The summed E-state index contributed by atoms with van der Waals surface area (Å²) in [6, 6.07) is 6.21. The Labute approximate surface area is 141 Å². The number of phenols is 1. The molecular formula is C18H23N3O3. The van der Waals surface area contributed by atoms with Crippen LogP contribution in [-0.4, -0.2) is 46.0 Å². The van der Waals surface area contributed by atoms with Crippen LogP contribution in [0.3, 0.4) is 0 Å². The molecule has 0 unspecified atom stereocenters. The molecule has 2 heterocycles. The quantitative estimate of drug-likeness (QED) is 0.806. The summed E-state index contributed by atoms with van der Waals surface area (Å²) in [5.41, 5.74) is 3.87. The van der Waals surface area contributed by atoms with Gasteiger partial charge in [0, 0.05) is 18.7 Å². The zero-order valence-corrected chi connectivity index (χ0v) is 13.8. The van der Waals surface area contributed by atoms with Gasteiger partial charge in [0.15, 0.2) is 0 Å². The highest BCUT2D eigenvalue weighted by molar-refractivity contribution is 6.08. The minimum Gasteiger partial charge on any atom is -0.508 e. The van der Waals surface area contributed by atoms with Gasteiger partial charge in [-0.15, -0.1) is 0 Å². The van der Waals surface area contributed by atoms with Crippen LogP contribution in [-0.2, 0) is 9.59 Å². The molecule has 0 aromatic heterocycles. The van der Waals surface area contributed by atoms with E-state index in [1.165, 1.54) is 11.3 Å². The molecule has 6 nitrogen and oxygen atoms in total. The zero-order valence-electron chi connectivity index (χ0n) is 13.8. The number of hydrazine groups is 1. The molecule has 1 aromatic rings. The summed E-state index contributed by atoms with van der Waals surface area (Å²) in [7, 11) is 1.80. The van der Waals surface area contributed by atoms with E-state index in [1.807, 2.05) is 12.1 Å². The number of hydrogen-bond acceptors (Lipinski definition) is 5. The van der Waals surface area contributed by atoms with E-state index in [-0.39, 0.29) is 29.6 Å². The Morgan fingerprint density at radius 3 is 2.50 bits per heavy atom. The number of para-hydroxylation sites is 1. The Hall–Kier alpha value is -1.92. The third-order valence-corrected chi connectivity index (χ3v) is 5.68. The van der Waals surface area contributed by atoms with Crippen LogP contribution in [0.4, 0.5) is 0 Å². The van der Waals surface area contributed by atoms with E-state index < -0.39 is 12.0 Å². The first kappa shape index (κ1) is 15.6. The predicted molar refractivity (Wildman–Crippen MR) is 87.8 cm³/mol. The molecule has 6 heteroatoms. The van der Waals surface area contributed by atoms with Crippen LogP contribution in [0, 0.1) is 5.92 Å². The van der Waals surface area contributed by atoms with Crippen molar-refractivity contribution in [3.05, 3.63) is 29.8 Å². The maximum atomic E-state index is 13.1. The van der Waals surface area contributed by atoms with Crippen molar-refractivity contribution in [2.75, 3.05) is 7.05 Å². The third-order valence-electron chi connectivity index (χ3n) is 5.68. The number of carbonyl (C=O) groups excluding carboxylic acids is 2. The summed E-state index contributed by atoms with van der Waals surface area (Å²) >= 11 is 0. The topological polar surface area (TPSA) is 72.9 Å². The Balaban J connectivity index is 1.67. The normalized spacial score (nSPS) is 31.7. The molecule has 1 aliphatic carbocycles. The molecule has 3 fully saturated rings. The molecule has 3 atom stereocenters. The highest BCUT2D eigenvalue weighted by Gasteiger charge is 2.59. The molecule has 128 valence electrons. The van der Waals surface area contributed by atoms with Crippen LogP contribution in [0.15, 0.2) is 24.3 Å². The molecule has 2 aliphatic heterocycles. The molecule has 24 heavy (non-hydrogen) atoms. The predicted octanol–water partition coefficient (Wildman–Crippen LogP) is 1.57. The van der Waals surface area contributed by atoms with E-state index in [0.29, 0.717) is 5.56 Å². The van der Waals surface area contributed by atoms with E-state index in [4.69, 9.17) is 0 Å². The number of imide groups is 1. The summed E-state index contributed by atoms with van der Waals surface area (Å²) in [5, 5.41) is 11.9. The minimum absolute atomic E-state index is 0.0442. The van der Waals surface area contributed by atoms with Crippen molar-refractivity contribution < 1.29 is 14.7 Å². The van der Waals surface area contributed by atoms with Crippen LogP contribution in [0.5, 0.6) is 5.75 Å². The van der Waals surface area contributed by atoms with Gasteiger partial charge in [0.25, 0.3) is 0 Å². The van der Waals surface area contributed by atoms with Crippen molar-refractivity contribution in [1.82, 2.24) is 15.3 Å². The zero-order chi connectivity index (χ0) is 16.8. The average Bonchev–Trinajstić information content (AvgIpc) is 3.05. The summed E-state index contributed by atoms with van der Waals surface area (Å²) in [4.78, 5) is 27.6. The smallest absolute Gasteiger partial charge is 0.249 e. The average molecular weight is 329 g/mol. The van der Waals surface area contributed by atoms with E-state index in [1.54, 1.807) is 24.2 Å². The first-order valence-corrected chi connectivity index (χ1v) is 8.73. The number of nitrogens with zero attached hydrogens (tertiary/aromatic N) is 2. The number of nitrogens with one attached hydrogen (secondary N) is 1. The molecular weight excluding hydrogens is 306 g/mol. The maximum Gasteiger partial charge on any atom is 0.249 e. The van der Waals surface area contributed by atoms with Crippen molar-refractivity contribution in [3.8, 4) is 5.75 Å². The number of amides is 2. The monoisotopic (exact) mass is 329 g/mol. The molecule has 2 saturated heterocycles. The van der Waals surface area contributed by atoms with Crippen molar-refractivity contribution in [2.24, 2.45) is 5.92 Å². The molecule has 2 N–H and O–H groups in total. The number of rotatable bonds is 2. The molecule has 2 amide bonds. The van der Waals surface area contributed by atoms with Crippen molar-refractivity contribution in [3.63, 3.8) is 0 Å². The number of fused-ring (bicyclic) bond motifs is 1. The lowest BCUT2D eigenvalue weighted by Crippen LogP contribution is -2.47. The standard InChI is InChI=1S/C18H23N3O3/c1-20-16-14(15(19-20)12-9-5-6-10-13(12)22)17(23)21(18(16)24)11-7-3-2-4-8-11/h5-6,9-11,14-16,19,22H,2-4,7-8H2,1H3/t14-,15+,16+/m1/s1. The first-order chi connectivity index (χ1) is 11.6. The number of phenolic OH excluding ortho intramolecular Hbond substituents is 1. The van der Waals surface area contributed by atoms with Crippen LogP contribution >= 0.6 is 0 Å². The van der Waals surface area contributed by atoms with Crippen LogP contribution in [0.1, 0.15) is 43.7 Å². The van der Waals surface area contributed by atoms with Gasteiger partial charge in [-0.2, -0.15) is 0 Å². The number of likely N-dealkylation sites (N-methyl/N-ethyl adjacent to an activating group) is 1. The number of carbonyl (C=O) groups is 2. The molecule has 0 bridgehead atoms. The molecule has 0 spiro atoms. The molecule has 1 saturated carbocycles. The van der Waals surface area contributed by atoms with Crippen LogP contribution < -0.4 is 5.43 Å². The Kier molecular flexibility index (Phi) is 3.81. The Morgan fingerprint density at radius 2 is 1.79 bits per heavy atom. The largest absolute Gasteiger partial charge is 0.508 e. The highest BCUT2D eigenvalue weighted by Crippen LogP contribution is 2.43. The molecule has 0 radical (unpaired) electrons. The lowest BCUT2D eigenvalue weighted by atomic mass is 9.90. The van der Waals surface area contributed by atoms with Crippen LogP contribution in [0.25, 0.3) is 0 Å². The highest BCUT2D eigenvalue weighted by atomic mass is 16.3. The fourth-order valence-electron chi connectivity index (χ4n) is 4.52.